The molecule has 0 bridgehead atoms. The van der Waals surface area contributed by atoms with Crippen LogP contribution >= 0.6 is 0 Å². The molecule has 100 valence electrons. The topological polar surface area (TPSA) is 54.0 Å². The molecule has 0 aliphatic heterocycles. The summed E-state index contributed by atoms with van der Waals surface area (Å²) >= 11 is 0. The first-order valence-corrected chi connectivity index (χ1v) is 7.24. The monoisotopic (exact) mass is 262 g/mol. The van der Waals surface area contributed by atoms with E-state index < -0.39 is 9.76 Å². The summed E-state index contributed by atoms with van der Waals surface area (Å²) in [6.07, 6.45) is 2.79. The van der Waals surface area contributed by atoms with E-state index in [1.807, 2.05) is 0 Å². The lowest BCUT2D eigenvalue weighted by atomic mass is 10.4. The second kappa shape index (κ2) is 11.8. The highest BCUT2D eigenvalue weighted by Gasteiger charge is 2.03. The van der Waals surface area contributed by atoms with Crippen molar-refractivity contribution >= 4 is 15.7 Å². The summed E-state index contributed by atoms with van der Waals surface area (Å²) in [6, 6.07) is 1.06. The van der Waals surface area contributed by atoms with E-state index in [0.29, 0.717) is 13.2 Å². The Kier molecular flexibility index (Phi) is 11.3. The molecule has 0 N–H and O–H groups in total. The van der Waals surface area contributed by atoms with Gasteiger partial charge in [-0.15, -0.1) is 0 Å². The Labute approximate surface area is 105 Å². The molecule has 0 aliphatic carbocycles. The van der Waals surface area contributed by atoms with Crippen molar-refractivity contribution in [1.29, 1.82) is 0 Å². The van der Waals surface area contributed by atoms with Crippen LogP contribution in [0.15, 0.2) is 12.7 Å². The lowest BCUT2D eigenvalue weighted by Gasteiger charge is -2.13. The lowest BCUT2D eigenvalue weighted by Crippen LogP contribution is -2.21. The first-order valence-electron chi connectivity index (χ1n) is 5.67. The summed E-state index contributed by atoms with van der Waals surface area (Å²) in [6.45, 7) is 4.27. The molecule has 0 aromatic carbocycles. The van der Waals surface area contributed by atoms with Gasteiger partial charge in [0.25, 0.3) is 0 Å². The van der Waals surface area contributed by atoms with E-state index >= 15 is 0 Å². The fraction of sp³-hybridized carbons (Fsp3) is 0.727. The van der Waals surface area contributed by atoms with Gasteiger partial charge in [-0.25, -0.2) is 4.79 Å². The van der Waals surface area contributed by atoms with Gasteiger partial charge in [-0.2, -0.15) is 0 Å². The highest BCUT2D eigenvalue weighted by Crippen LogP contribution is 1.98. The number of methoxy groups -OCH3 is 2. The predicted octanol–water partition coefficient (Wildman–Crippen LogP) is 0.633. The van der Waals surface area contributed by atoms with Crippen LogP contribution in [-0.4, -0.2) is 49.5 Å². The molecule has 0 aromatic rings. The number of rotatable bonds is 11. The molecular weight excluding hydrogens is 240 g/mol. The number of esters is 1. The number of hydrogen-bond acceptors (Lipinski definition) is 5. The van der Waals surface area contributed by atoms with E-state index in [1.165, 1.54) is 6.08 Å². The summed E-state index contributed by atoms with van der Waals surface area (Å²) in [5.74, 6) is -0.360. The average molecular weight is 262 g/mol. The van der Waals surface area contributed by atoms with Crippen molar-refractivity contribution in [3.8, 4) is 0 Å². The molecule has 0 unspecified atom stereocenters. The van der Waals surface area contributed by atoms with Crippen molar-refractivity contribution in [2.24, 2.45) is 0 Å². The minimum atomic E-state index is -0.523. The second-order valence-corrected chi connectivity index (χ2v) is 4.93. The van der Waals surface area contributed by atoms with Gasteiger partial charge < -0.3 is 18.6 Å². The first kappa shape index (κ1) is 16.3. The van der Waals surface area contributed by atoms with E-state index in [1.54, 1.807) is 14.2 Å². The molecule has 0 fully saturated rings. The van der Waals surface area contributed by atoms with Crippen LogP contribution < -0.4 is 0 Å². The van der Waals surface area contributed by atoms with Gasteiger partial charge in [0.2, 0.25) is 0 Å². The molecular formula is C11H22O5Si. The van der Waals surface area contributed by atoms with Crippen molar-refractivity contribution in [2.45, 2.75) is 25.2 Å². The Balaban J connectivity index is 3.18. The third-order valence-electron chi connectivity index (χ3n) is 2.12. The van der Waals surface area contributed by atoms with Gasteiger partial charge >= 0.3 is 5.97 Å². The molecule has 0 spiro atoms. The zero-order chi connectivity index (χ0) is 12.9. The number of ether oxygens (including phenoxy) is 3. The Hall–Kier alpha value is -0.693. The Morgan fingerprint density at radius 2 is 2.06 bits per heavy atom. The number of carbonyl (C=O) groups is 1. The van der Waals surface area contributed by atoms with Gasteiger partial charge in [0.1, 0.15) is 0 Å². The van der Waals surface area contributed by atoms with Gasteiger partial charge in [-0.3, -0.25) is 0 Å². The van der Waals surface area contributed by atoms with Crippen LogP contribution in [-0.2, 0) is 23.4 Å². The van der Waals surface area contributed by atoms with Crippen molar-refractivity contribution in [2.75, 3.05) is 27.4 Å². The Bertz CT molecular complexity index is 206. The van der Waals surface area contributed by atoms with Crippen molar-refractivity contribution < 1.29 is 23.4 Å². The van der Waals surface area contributed by atoms with E-state index in [9.17, 15) is 4.79 Å². The molecule has 0 aromatic heterocycles. The van der Waals surface area contributed by atoms with Crippen molar-refractivity contribution in [3.05, 3.63) is 12.7 Å². The van der Waals surface area contributed by atoms with Gasteiger partial charge in [0, 0.05) is 20.3 Å². The molecule has 0 heterocycles. The van der Waals surface area contributed by atoms with Crippen LogP contribution in [0.1, 0.15) is 12.8 Å². The van der Waals surface area contributed by atoms with Crippen LogP contribution in [0.25, 0.3) is 0 Å². The summed E-state index contributed by atoms with van der Waals surface area (Å²) in [5, 5.41) is 0. The molecule has 0 aliphatic rings. The largest absolute Gasteiger partial charge is 0.463 e. The van der Waals surface area contributed by atoms with Gasteiger partial charge in [0.15, 0.2) is 16.1 Å². The SMILES string of the molecule is C=CC(=O)OCCCC[SiH2]OCC(OC)OC. The summed E-state index contributed by atoms with van der Waals surface area (Å²) < 4.78 is 20.3. The highest BCUT2D eigenvalue weighted by atomic mass is 28.2. The minimum Gasteiger partial charge on any atom is -0.463 e. The predicted molar refractivity (Wildman–Crippen MR) is 67.5 cm³/mol. The number of unbranched alkanes of at least 4 members (excludes halogenated alkanes) is 1. The van der Waals surface area contributed by atoms with Crippen molar-refractivity contribution in [3.63, 3.8) is 0 Å². The molecule has 0 rings (SSSR count). The molecule has 0 atom stereocenters. The van der Waals surface area contributed by atoms with E-state index in [4.69, 9.17) is 18.6 Å². The molecule has 5 nitrogen and oxygen atoms in total. The third kappa shape index (κ3) is 10.2. The summed E-state index contributed by atoms with van der Waals surface area (Å²) in [4.78, 5) is 10.7. The molecule has 0 saturated carbocycles. The van der Waals surface area contributed by atoms with Crippen molar-refractivity contribution in [1.82, 2.24) is 0 Å². The Morgan fingerprint density at radius 3 is 2.65 bits per heavy atom. The molecule has 0 saturated heterocycles. The quantitative estimate of drug-likeness (QED) is 0.180. The standard InChI is InChI=1S/C11H22O5Si/c1-4-10(12)15-7-5-6-8-17-16-9-11(13-2)14-3/h4,11H,1,5-9,17H2,2-3H3. The number of hydrogen-bond donors (Lipinski definition) is 0. The minimum absolute atomic E-state index is 0.268. The van der Waals surface area contributed by atoms with Gasteiger partial charge in [-0.05, 0) is 12.5 Å². The van der Waals surface area contributed by atoms with Crippen LogP contribution in [0.4, 0.5) is 0 Å². The van der Waals surface area contributed by atoms with Gasteiger partial charge in [-0.1, -0.05) is 13.0 Å². The average Bonchev–Trinajstić information content (AvgIpc) is 2.36. The van der Waals surface area contributed by atoms with Crippen LogP contribution in [0.5, 0.6) is 0 Å². The highest BCUT2D eigenvalue weighted by molar-refractivity contribution is 6.26. The van der Waals surface area contributed by atoms with E-state index in [0.717, 1.165) is 18.9 Å². The number of carbonyl (C=O) groups excluding carboxylic acids is 1. The first-order chi connectivity index (χ1) is 8.24. The zero-order valence-electron chi connectivity index (χ0n) is 10.6. The van der Waals surface area contributed by atoms with Crippen LogP contribution in [0.3, 0.4) is 0 Å². The maximum Gasteiger partial charge on any atom is 0.330 e. The maximum atomic E-state index is 10.7. The van der Waals surface area contributed by atoms with Crippen LogP contribution in [0.2, 0.25) is 6.04 Å². The molecule has 6 heteroatoms. The zero-order valence-corrected chi connectivity index (χ0v) is 12.1. The molecule has 0 amide bonds. The summed E-state index contributed by atoms with van der Waals surface area (Å²) in [5.41, 5.74) is 0. The second-order valence-electron chi connectivity index (χ2n) is 3.41. The molecule has 0 radical (unpaired) electrons. The molecule has 17 heavy (non-hydrogen) atoms. The lowest BCUT2D eigenvalue weighted by molar-refractivity contribution is -0.137. The third-order valence-corrected chi connectivity index (χ3v) is 3.44. The normalized spacial score (nSPS) is 11.2. The van der Waals surface area contributed by atoms with Crippen LogP contribution in [0, 0.1) is 0 Å². The smallest absolute Gasteiger partial charge is 0.330 e. The van der Waals surface area contributed by atoms with E-state index in [2.05, 4.69) is 6.58 Å². The fourth-order valence-electron chi connectivity index (χ4n) is 1.13. The van der Waals surface area contributed by atoms with E-state index in [-0.39, 0.29) is 12.3 Å². The summed E-state index contributed by atoms with van der Waals surface area (Å²) in [7, 11) is 2.66. The fourth-order valence-corrected chi connectivity index (χ4v) is 2.25. The Morgan fingerprint density at radius 1 is 1.35 bits per heavy atom. The van der Waals surface area contributed by atoms with Gasteiger partial charge in [0.05, 0.1) is 13.2 Å². The maximum absolute atomic E-state index is 10.7.